The summed E-state index contributed by atoms with van der Waals surface area (Å²) in [5.74, 6) is 1.02. The predicted molar refractivity (Wildman–Crippen MR) is 131 cm³/mol. The van der Waals surface area contributed by atoms with Gasteiger partial charge in [0.1, 0.15) is 12.4 Å². The van der Waals surface area contributed by atoms with E-state index in [1.807, 2.05) is 29.2 Å². The number of hydrogen-bond donors (Lipinski definition) is 1. The normalized spacial score (nSPS) is 13.0. The van der Waals surface area contributed by atoms with E-state index in [0.29, 0.717) is 18.7 Å². The van der Waals surface area contributed by atoms with E-state index in [9.17, 15) is 9.59 Å². The molecule has 6 nitrogen and oxygen atoms in total. The van der Waals surface area contributed by atoms with E-state index in [-0.39, 0.29) is 23.9 Å². The molecule has 1 aromatic heterocycles. The quantitative estimate of drug-likeness (QED) is 0.357. The lowest BCUT2D eigenvalue weighted by atomic mass is 10.1. The fraction of sp³-hybridized carbons (Fsp3) is 0.577. The number of carbonyl (C=O) groups excluding carboxylic acids is 2. The summed E-state index contributed by atoms with van der Waals surface area (Å²) in [7, 11) is 0. The molecule has 2 rings (SSSR count). The average Bonchev–Trinajstić information content (AvgIpc) is 3.12. The van der Waals surface area contributed by atoms with Gasteiger partial charge >= 0.3 is 0 Å². The van der Waals surface area contributed by atoms with Gasteiger partial charge in [0.05, 0.1) is 11.0 Å². The highest BCUT2D eigenvalue weighted by atomic mass is 16.2. The summed E-state index contributed by atoms with van der Waals surface area (Å²) in [5, 5.41) is 2.87. The van der Waals surface area contributed by atoms with Crippen LogP contribution in [0.25, 0.3) is 11.0 Å². The van der Waals surface area contributed by atoms with Gasteiger partial charge in [0.2, 0.25) is 11.8 Å². The maximum Gasteiger partial charge on any atom is 0.246 e. The second-order valence-electron chi connectivity index (χ2n) is 8.77. The summed E-state index contributed by atoms with van der Waals surface area (Å²) in [5.41, 5.74) is 2.48. The molecule has 0 aliphatic carbocycles. The second kappa shape index (κ2) is 12.4. The Morgan fingerprint density at radius 2 is 1.75 bits per heavy atom. The molecule has 176 valence electrons. The van der Waals surface area contributed by atoms with Gasteiger partial charge in [-0.25, -0.2) is 4.98 Å². The molecule has 1 N–H and O–H groups in total. The van der Waals surface area contributed by atoms with Crippen molar-refractivity contribution in [3.05, 3.63) is 42.2 Å². The van der Waals surface area contributed by atoms with Crippen LogP contribution >= 0.6 is 0 Å². The first-order chi connectivity index (χ1) is 15.3. The van der Waals surface area contributed by atoms with Gasteiger partial charge in [0.25, 0.3) is 0 Å². The zero-order valence-electron chi connectivity index (χ0n) is 20.5. The lowest BCUT2D eigenvalue weighted by Crippen LogP contribution is -2.45. The van der Waals surface area contributed by atoms with E-state index >= 15 is 0 Å². The molecule has 1 heterocycles. The Morgan fingerprint density at radius 1 is 1.09 bits per heavy atom. The maximum absolute atomic E-state index is 13.4. The number of carbonyl (C=O) groups is 2. The fourth-order valence-corrected chi connectivity index (χ4v) is 3.97. The first kappa shape index (κ1) is 25.6. The lowest BCUT2D eigenvalue weighted by molar-refractivity contribution is -0.136. The van der Waals surface area contributed by atoms with Gasteiger partial charge in [-0.3, -0.25) is 9.59 Å². The van der Waals surface area contributed by atoms with Crippen LogP contribution in [-0.4, -0.2) is 44.9 Å². The van der Waals surface area contributed by atoms with Crippen molar-refractivity contribution in [1.82, 2.24) is 19.8 Å². The molecule has 0 aliphatic rings. The largest absolute Gasteiger partial charge is 0.352 e. The third kappa shape index (κ3) is 6.68. The summed E-state index contributed by atoms with van der Waals surface area (Å²) in [6.07, 6.45) is 5.54. The Morgan fingerprint density at radius 3 is 2.38 bits per heavy atom. The summed E-state index contributed by atoms with van der Waals surface area (Å²) in [6, 6.07) is 8.47. The van der Waals surface area contributed by atoms with Crippen molar-refractivity contribution in [2.75, 3.05) is 6.54 Å². The third-order valence-electron chi connectivity index (χ3n) is 6.20. The molecule has 0 spiro atoms. The van der Waals surface area contributed by atoms with Crippen LogP contribution in [0.1, 0.15) is 72.5 Å². The molecular weight excluding hydrogens is 400 g/mol. The molecule has 0 saturated carbocycles. The number of rotatable bonds is 13. The van der Waals surface area contributed by atoms with Crippen molar-refractivity contribution < 1.29 is 9.59 Å². The van der Waals surface area contributed by atoms with Crippen molar-refractivity contribution >= 4 is 22.8 Å². The Kier molecular flexibility index (Phi) is 9.95. The molecule has 0 aliphatic heterocycles. The van der Waals surface area contributed by atoms with E-state index < -0.39 is 0 Å². The summed E-state index contributed by atoms with van der Waals surface area (Å²) in [6.45, 7) is 14.9. The SMILES string of the molecule is C=C(C)C(=O)NCCCCCc1nc2ccccc2n1CC(=O)N(C(C)CC)C(C)CC. The zero-order chi connectivity index (χ0) is 23.7. The summed E-state index contributed by atoms with van der Waals surface area (Å²) in [4.78, 5) is 31.8. The van der Waals surface area contributed by atoms with E-state index in [4.69, 9.17) is 4.98 Å². The molecule has 0 saturated heterocycles. The molecule has 0 radical (unpaired) electrons. The van der Waals surface area contributed by atoms with Gasteiger partial charge in [-0.1, -0.05) is 39.0 Å². The van der Waals surface area contributed by atoms with Gasteiger partial charge < -0.3 is 14.8 Å². The van der Waals surface area contributed by atoms with Crippen molar-refractivity contribution in [2.45, 2.75) is 91.8 Å². The highest BCUT2D eigenvalue weighted by molar-refractivity contribution is 5.92. The number of aromatic nitrogens is 2. The highest BCUT2D eigenvalue weighted by Crippen LogP contribution is 2.20. The van der Waals surface area contributed by atoms with Crippen LogP contribution in [0.5, 0.6) is 0 Å². The number of benzene rings is 1. The predicted octanol–water partition coefficient (Wildman–Crippen LogP) is 4.87. The minimum Gasteiger partial charge on any atom is -0.352 e. The van der Waals surface area contributed by atoms with Crippen LogP contribution in [0.3, 0.4) is 0 Å². The minimum atomic E-state index is -0.0857. The van der Waals surface area contributed by atoms with Crippen molar-refractivity contribution in [1.29, 1.82) is 0 Å². The molecule has 2 unspecified atom stereocenters. The number of hydrogen-bond acceptors (Lipinski definition) is 3. The van der Waals surface area contributed by atoms with Crippen LogP contribution < -0.4 is 5.32 Å². The van der Waals surface area contributed by atoms with E-state index in [1.54, 1.807) is 6.92 Å². The fourth-order valence-electron chi connectivity index (χ4n) is 3.97. The topological polar surface area (TPSA) is 67.2 Å². The molecule has 32 heavy (non-hydrogen) atoms. The van der Waals surface area contributed by atoms with Gasteiger partial charge in [-0.15, -0.1) is 0 Å². The Hall–Kier alpha value is -2.63. The molecule has 2 amide bonds. The smallest absolute Gasteiger partial charge is 0.246 e. The molecule has 6 heteroatoms. The number of fused-ring (bicyclic) bond motifs is 1. The first-order valence-electron chi connectivity index (χ1n) is 12.0. The van der Waals surface area contributed by atoms with Gasteiger partial charge in [-0.2, -0.15) is 0 Å². The van der Waals surface area contributed by atoms with Crippen molar-refractivity contribution in [2.24, 2.45) is 0 Å². The Balaban J connectivity index is 2.09. The number of unbranched alkanes of at least 4 members (excludes halogenated alkanes) is 2. The molecule has 0 fully saturated rings. The number of amides is 2. The molecule has 0 bridgehead atoms. The van der Waals surface area contributed by atoms with Gasteiger partial charge in [0.15, 0.2) is 0 Å². The molecule has 2 aromatic rings. The standard InChI is InChI=1S/C26H40N4O2/c1-7-20(5)30(21(6)8-2)25(31)18-29-23-15-12-11-14-22(23)28-24(29)16-10-9-13-17-27-26(32)19(3)4/h11-12,14-15,20-21H,3,7-10,13,16-18H2,1-2,4-6H3,(H,27,32). The number of aryl methyl sites for hydroxylation is 1. The second-order valence-corrected chi connectivity index (χ2v) is 8.77. The zero-order valence-corrected chi connectivity index (χ0v) is 20.5. The van der Waals surface area contributed by atoms with Gasteiger partial charge in [-0.05, 0) is 58.6 Å². The van der Waals surface area contributed by atoms with Gasteiger partial charge in [0, 0.05) is 30.6 Å². The number of para-hydroxylation sites is 2. The van der Waals surface area contributed by atoms with Crippen molar-refractivity contribution in [3.8, 4) is 0 Å². The Labute approximate surface area is 193 Å². The van der Waals surface area contributed by atoms with Crippen molar-refractivity contribution in [3.63, 3.8) is 0 Å². The summed E-state index contributed by atoms with van der Waals surface area (Å²) < 4.78 is 2.10. The Bertz CT molecular complexity index is 908. The number of nitrogens with zero attached hydrogens (tertiary/aromatic N) is 3. The van der Waals surface area contributed by atoms with Crippen LogP contribution in [-0.2, 0) is 22.6 Å². The first-order valence-corrected chi connectivity index (χ1v) is 12.0. The molecular formula is C26H40N4O2. The monoisotopic (exact) mass is 440 g/mol. The number of nitrogens with one attached hydrogen (secondary N) is 1. The molecule has 2 atom stereocenters. The van der Waals surface area contributed by atoms with Crippen LogP contribution in [0.15, 0.2) is 36.4 Å². The van der Waals surface area contributed by atoms with Crippen LogP contribution in [0, 0.1) is 0 Å². The van der Waals surface area contributed by atoms with Crippen LogP contribution in [0.4, 0.5) is 0 Å². The summed E-state index contributed by atoms with van der Waals surface area (Å²) >= 11 is 0. The average molecular weight is 441 g/mol. The maximum atomic E-state index is 13.4. The lowest BCUT2D eigenvalue weighted by Gasteiger charge is -2.34. The third-order valence-corrected chi connectivity index (χ3v) is 6.20. The molecule has 1 aromatic carbocycles. The number of imidazole rings is 1. The highest BCUT2D eigenvalue weighted by Gasteiger charge is 2.25. The van der Waals surface area contributed by atoms with E-state index in [2.05, 4.69) is 44.2 Å². The van der Waals surface area contributed by atoms with E-state index in [1.165, 1.54) is 0 Å². The minimum absolute atomic E-state index is 0.0857. The van der Waals surface area contributed by atoms with Crippen LogP contribution in [0.2, 0.25) is 0 Å². The van der Waals surface area contributed by atoms with E-state index in [0.717, 1.165) is 55.4 Å².